The molecule has 1 fully saturated rings. The van der Waals surface area contributed by atoms with Gasteiger partial charge in [-0.3, -0.25) is 9.59 Å². The lowest BCUT2D eigenvalue weighted by atomic mass is 9.97. The van der Waals surface area contributed by atoms with Gasteiger partial charge in [-0.2, -0.15) is 0 Å². The number of carbonyl (C=O) groups excluding carboxylic acids is 2. The molecule has 0 aromatic heterocycles. The maximum atomic E-state index is 13.9. The molecule has 26 heavy (non-hydrogen) atoms. The summed E-state index contributed by atoms with van der Waals surface area (Å²) in [5.41, 5.74) is 1.92. The van der Waals surface area contributed by atoms with Crippen LogP contribution in [0.3, 0.4) is 0 Å². The van der Waals surface area contributed by atoms with Crippen LogP contribution in [0.1, 0.15) is 32.1 Å². The third kappa shape index (κ3) is 4.62. The maximum absolute atomic E-state index is 13.9. The van der Waals surface area contributed by atoms with Crippen molar-refractivity contribution in [1.82, 2.24) is 10.2 Å². The van der Waals surface area contributed by atoms with Crippen molar-refractivity contribution in [2.24, 2.45) is 0 Å². The van der Waals surface area contributed by atoms with E-state index in [-0.39, 0.29) is 5.82 Å². The number of nitrogens with one attached hydrogen (secondary N) is 1. The fraction of sp³-hybridized carbons (Fsp3) is 0.500. The number of piperazine rings is 1. The number of benzene rings is 1. The topological polar surface area (TPSA) is 52.7 Å². The van der Waals surface area contributed by atoms with Gasteiger partial charge in [-0.25, -0.2) is 4.39 Å². The Balaban J connectivity index is 1.43. The highest BCUT2D eigenvalue weighted by Gasteiger charge is 2.26. The summed E-state index contributed by atoms with van der Waals surface area (Å²) in [5.74, 6) is -1.29. The average molecular weight is 359 g/mol. The largest absolute Gasteiger partial charge is 0.366 e. The van der Waals surface area contributed by atoms with Gasteiger partial charge < -0.3 is 15.1 Å². The number of carbonyl (C=O) groups is 2. The van der Waals surface area contributed by atoms with E-state index in [2.05, 4.69) is 11.4 Å². The fourth-order valence-corrected chi connectivity index (χ4v) is 3.55. The summed E-state index contributed by atoms with van der Waals surface area (Å²) in [6, 6.07) is 6.62. The molecule has 140 valence electrons. The molecule has 2 aliphatic rings. The minimum absolute atomic E-state index is 0.262. The third-order valence-corrected chi connectivity index (χ3v) is 5.07. The number of hydrogen-bond acceptors (Lipinski definition) is 3. The molecule has 0 atom stereocenters. The van der Waals surface area contributed by atoms with Gasteiger partial charge in [0.1, 0.15) is 5.82 Å². The third-order valence-electron chi connectivity index (χ3n) is 5.07. The molecule has 1 N–H and O–H groups in total. The number of para-hydroxylation sites is 1. The van der Waals surface area contributed by atoms with Crippen LogP contribution in [-0.2, 0) is 9.59 Å². The molecule has 1 heterocycles. The van der Waals surface area contributed by atoms with Crippen molar-refractivity contribution in [3.8, 4) is 0 Å². The quantitative estimate of drug-likeness (QED) is 0.664. The number of anilines is 1. The molecule has 1 aromatic carbocycles. The summed E-state index contributed by atoms with van der Waals surface area (Å²) in [4.78, 5) is 27.8. The molecule has 3 rings (SSSR count). The molecular weight excluding hydrogens is 333 g/mol. The monoisotopic (exact) mass is 359 g/mol. The van der Waals surface area contributed by atoms with Crippen LogP contribution in [0.25, 0.3) is 0 Å². The molecule has 5 nitrogen and oxygen atoms in total. The second kappa shape index (κ2) is 8.83. The summed E-state index contributed by atoms with van der Waals surface area (Å²) in [5, 5.41) is 2.73. The van der Waals surface area contributed by atoms with Gasteiger partial charge in [0.25, 0.3) is 0 Å². The first-order chi connectivity index (χ1) is 12.6. The van der Waals surface area contributed by atoms with E-state index >= 15 is 0 Å². The summed E-state index contributed by atoms with van der Waals surface area (Å²) in [6.07, 6.45) is 7.74. The zero-order valence-electron chi connectivity index (χ0n) is 15.0. The maximum Gasteiger partial charge on any atom is 0.312 e. The molecule has 1 aliphatic heterocycles. The van der Waals surface area contributed by atoms with Crippen molar-refractivity contribution in [3.63, 3.8) is 0 Å². The number of halogens is 1. The highest BCUT2D eigenvalue weighted by molar-refractivity contribution is 6.35. The van der Waals surface area contributed by atoms with Crippen molar-refractivity contribution in [3.05, 3.63) is 41.7 Å². The molecule has 0 spiro atoms. The second-order valence-corrected chi connectivity index (χ2v) is 6.84. The van der Waals surface area contributed by atoms with Crippen LogP contribution in [0.2, 0.25) is 0 Å². The predicted molar refractivity (Wildman–Crippen MR) is 99.4 cm³/mol. The number of amides is 2. The van der Waals surface area contributed by atoms with Crippen molar-refractivity contribution in [1.29, 1.82) is 0 Å². The molecular formula is C20H26FN3O2. The Morgan fingerprint density at radius 2 is 1.85 bits per heavy atom. The van der Waals surface area contributed by atoms with Crippen molar-refractivity contribution < 1.29 is 14.0 Å². The molecule has 1 aliphatic carbocycles. The molecule has 1 saturated heterocycles. The summed E-state index contributed by atoms with van der Waals surface area (Å²) < 4.78 is 13.9. The zero-order valence-corrected chi connectivity index (χ0v) is 15.0. The molecule has 0 radical (unpaired) electrons. The first-order valence-electron chi connectivity index (χ1n) is 9.39. The Bertz CT molecular complexity index is 681. The Morgan fingerprint density at radius 1 is 1.08 bits per heavy atom. The van der Waals surface area contributed by atoms with Gasteiger partial charge in [-0.05, 0) is 44.2 Å². The SMILES string of the molecule is O=C(NCCC1=CCCCC1)C(=O)N1CCN(c2ccccc2F)CC1. The van der Waals surface area contributed by atoms with Gasteiger partial charge in [0.15, 0.2) is 0 Å². The van der Waals surface area contributed by atoms with Crippen LogP contribution in [0, 0.1) is 5.82 Å². The van der Waals surface area contributed by atoms with Gasteiger partial charge >= 0.3 is 11.8 Å². The van der Waals surface area contributed by atoms with Crippen LogP contribution >= 0.6 is 0 Å². The van der Waals surface area contributed by atoms with E-state index in [1.807, 2.05) is 4.90 Å². The zero-order chi connectivity index (χ0) is 18.4. The molecule has 0 bridgehead atoms. The number of allylic oxidation sites excluding steroid dienone is 1. The highest BCUT2D eigenvalue weighted by Crippen LogP contribution is 2.20. The summed E-state index contributed by atoms with van der Waals surface area (Å²) in [7, 11) is 0. The van der Waals surface area contributed by atoms with E-state index in [0.29, 0.717) is 38.4 Å². The average Bonchev–Trinajstić information content (AvgIpc) is 2.69. The minimum atomic E-state index is -0.541. The number of hydrogen-bond donors (Lipinski definition) is 1. The number of rotatable bonds is 4. The van der Waals surface area contributed by atoms with E-state index < -0.39 is 11.8 Å². The lowest BCUT2D eigenvalue weighted by Crippen LogP contribution is -2.53. The van der Waals surface area contributed by atoms with E-state index in [1.165, 1.54) is 24.5 Å². The van der Waals surface area contributed by atoms with Gasteiger partial charge in [0, 0.05) is 32.7 Å². The fourth-order valence-electron chi connectivity index (χ4n) is 3.55. The van der Waals surface area contributed by atoms with Crippen LogP contribution in [0.5, 0.6) is 0 Å². The molecule has 0 saturated carbocycles. The van der Waals surface area contributed by atoms with Crippen LogP contribution < -0.4 is 10.2 Å². The standard InChI is InChI=1S/C20H26FN3O2/c21-17-8-4-5-9-18(17)23-12-14-24(15-13-23)20(26)19(25)22-11-10-16-6-2-1-3-7-16/h4-6,8-9H,1-3,7,10-15H2,(H,22,25). The van der Waals surface area contributed by atoms with Crippen LogP contribution in [0.15, 0.2) is 35.9 Å². The van der Waals surface area contributed by atoms with E-state index in [4.69, 9.17) is 0 Å². The molecule has 0 unspecified atom stereocenters. The Hall–Kier alpha value is -2.37. The second-order valence-electron chi connectivity index (χ2n) is 6.84. The summed E-state index contributed by atoms with van der Waals surface area (Å²) >= 11 is 0. The minimum Gasteiger partial charge on any atom is -0.366 e. The molecule has 2 amide bonds. The lowest BCUT2D eigenvalue weighted by Gasteiger charge is -2.35. The Labute approximate surface area is 153 Å². The van der Waals surface area contributed by atoms with Gasteiger partial charge in [0.2, 0.25) is 0 Å². The van der Waals surface area contributed by atoms with Crippen molar-refractivity contribution >= 4 is 17.5 Å². The molecule has 1 aromatic rings. The summed E-state index contributed by atoms with van der Waals surface area (Å²) in [6.45, 7) is 2.39. The van der Waals surface area contributed by atoms with E-state index in [1.54, 1.807) is 23.1 Å². The van der Waals surface area contributed by atoms with Gasteiger partial charge in [0.05, 0.1) is 5.69 Å². The Kier molecular flexibility index (Phi) is 6.26. The lowest BCUT2D eigenvalue weighted by molar-refractivity contribution is -0.146. The smallest absolute Gasteiger partial charge is 0.312 e. The number of nitrogens with zero attached hydrogens (tertiary/aromatic N) is 2. The highest BCUT2D eigenvalue weighted by atomic mass is 19.1. The first-order valence-corrected chi connectivity index (χ1v) is 9.39. The van der Waals surface area contributed by atoms with Crippen LogP contribution in [-0.4, -0.2) is 49.4 Å². The van der Waals surface area contributed by atoms with Gasteiger partial charge in [-0.1, -0.05) is 23.8 Å². The Morgan fingerprint density at radius 3 is 2.54 bits per heavy atom. The molecule has 6 heteroatoms. The predicted octanol–water partition coefficient (Wildman–Crippen LogP) is 2.48. The van der Waals surface area contributed by atoms with Crippen LogP contribution in [0.4, 0.5) is 10.1 Å². The van der Waals surface area contributed by atoms with Crippen molar-refractivity contribution in [2.45, 2.75) is 32.1 Å². The van der Waals surface area contributed by atoms with Crippen molar-refractivity contribution in [2.75, 3.05) is 37.6 Å². The van der Waals surface area contributed by atoms with E-state index in [0.717, 1.165) is 19.3 Å². The van der Waals surface area contributed by atoms with Gasteiger partial charge in [-0.15, -0.1) is 0 Å². The normalized spacial score (nSPS) is 17.7. The first kappa shape index (κ1) is 18.4. The van der Waals surface area contributed by atoms with E-state index in [9.17, 15) is 14.0 Å².